The minimum absolute atomic E-state index is 0.153. The molecule has 0 atom stereocenters. The number of carbonyl (C=O) groups is 1. The van der Waals surface area contributed by atoms with E-state index in [9.17, 15) is 4.79 Å². The molecule has 0 bridgehead atoms. The second kappa shape index (κ2) is 8.98. The van der Waals surface area contributed by atoms with Crippen LogP contribution in [0.4, 0.5) is 0 Å². The summed E-state index contributed by atoms with van der Waals surface area (Å²) in [6.07, 6.45) is 3.51. The Hall–Kier alpha value is -1.72. The van der Waals surface area contributed by atoms with Gasteiger partial charge < -0.3 is 9.80 Å². The molecular formula is C22H31N3OS. The summed E-state index contributed by atoms with van der Waals surface area (Å²) < 4.78 is 0. The van der Waals surface area contributed by atoms with Crippen LogP contribution >= 0.6 is 11.3 Å². The van der Waals surface area contributed by atoms with Crippen molar-refractivity contribution in [2.75, 3.05) is 32.7 Å². The molecule has 0 saturated carbocycles. The third kappa shape index (κ3) is 4.58. The second-order valence-electron chi connectivity index (χ2n) is 7.54. The summed E-state index contributed by atoms with van der Waals surface area (Å²) in [7, 11) is 0. The summed E-state index contributed by atoms with van der Waals surface area (Å²) in [5, 5.41) is 0.964. The first-order valence-corrected chi connectivity index (χ1v) is 10.9. The first-order valence-electron chi connectivity index (χ1n) is 10.1. The van der Waals surface area contributed by atoms with E-state index in [2.05, 4.69) is 43.9 Å². The third-order valence-corrected chi connectivity index (χ3v) is 6.55. The van der Waals surface area contributed by atoms with Crippen molar-refractivity contribution in [1.82, 2.24) is 14.8 Å². The number of hydrogen-bond donors (Lipinski definition) is 0. The molecule has 1 fully saturated rings. The lowest BCUT2D eigenvalue weighted by atomic mass is 10.0. The van der Waals surface area contributed by atoms with E-state index in [1.54, 1.807) is 11.3 Å². The standard InChI is InChI=1S/C22H31N3OS/c1-5-6-11-24-12-8-13-25(15-14-24)22(26)20-18(4)23-21(27-20)19-16(2)9-7-10-17(19)3/h7,9-10H,5-6,8,11-15H2,1-4H3. The zero-order valence-electron chi connectivity index (χ0n) is 17.0. The van der Waals surface area contributed by atoms with Crippen LogP contribution in [-0.4, -0.2) is 53.4 Å². The van der Waals surface area contributed by atoms with Gasteiger partial charge in [0.15, 0.2) is 0 Å². The number of unbranched alkanes of at least 4 members (excludes halogenated alkanes) is 1. The van der Waals surface area contributed by atoms with Gasteiger partial charge in [-0.05, 0) is 57.8 Å². The van der Waals surface area contributed by atoms with E-state index in [1.807, 2.05) is 11.8 Å². The van der Waals surface area contributed by atoms with Gasteiger partial charge in [0.25, 0.3) is 5.91 Å². The zero-order chi connectivity index (χ0) is 19.4. The molecule has 1 aromatic carbocycles. The van der Waals surface area contributed by atoms with E-state index in [4.69, 9.17) is 4.98 Å². The number of nitrogens with zero attached hydrogens (tertiary/aromatic N) is 3. The molecule has 27 heavy (non-hydrogen) atoms. The Kier molecular flexibility index (Phi) is 6.66. The van der Waals surface area contributed by atoms with Crippen molar-refractivity contribution < 1.29 is 4.79 Å². The maximum absolute atomic E-state index is 13.2. The van der Waals surface area contributed by atoms with Gasteiger partial charge in [0.2, 0.25) is 0 Å². The average molecular weight is 386 g/mol. The number of hydrogen-bond acceptors (Lipinski definition) is 4. The fourth-order valence-corrected chi connectivity index (χ4v) is 4.99. The highest BCUT2D eigenvalue weighted by Gasteiger charge is 2.24. The Morgan fingerprint density at radius 3 is 2.56 bits per heavy atom. The molecular weight excluding hydrogens is 354 g/mol. The molecule has 1 aromatic heterocycles. The smallest absolute Gasteiger partial charge is 0.265 e. The topological polar surface area (TPSA) is 36.4 Å². The van der Waals surface area contributed by atoms with Gasteiger partial charge in [0.1, 0.15) is 9.88 Å². The SMILES string of the molecule is CCCCN1CCCN(C(=O)c2sc(-c3c(C)cccc3C)nc2C)CC1. The summed E-state index contributed by atoms with van der Waals surface area (Å²) in [6, 6.07) is 6.29. The number of carbonyl (C=O) groups excluding carboxylic acids is 1. The number of aromatic nitrogens is 1. The second-order valence-corrected chi connectivity index (χ2v) is 8.54. The molecule has 0 spiro atoms. The van der Waals surface area contributed by atoms with E-state index in [1.165, 1.54) is 29.5 Å². The van der Waals surface area contributed by atoms with Crippen LogP contribution in [0, 0.1) is 20.8 Å². The van der Waals surface area contributed by atoms with Crippen molar-refractivity contribution >= 4 is 17.2 Å². The zero-order valence-corrected chi connectivity index (χ0v) is 17.9. The van der Waals surface area contributed by atoms with E-state index in [0.717, 1.165) is 54.7 Å². The van der Waals surface area contributed by atoms with Crippen molar-refractivity contribution in [2.24, 2.45) is 0 Å². The Bertz CT molecular complexity index is 779. The fourth-order valence-electron chi connectivity index (χ4n) is 3.78. The number of amides is 1. The summed E-state index contributed by atoms with van der Waals surface area (Å²) in [5.41, 5.74) is 4.45. The first-order chi connectivity index (χ1) is 13.0. The molecule has 146 valence electrons. The molecule has 4 nitrogen and oxygen atoms in total. The third-order valence-electron chi connectivity index (χ3n) is 5.39. The Balaban J connectivity index is 1.77. The highest BCUT2D eigenvalue weighted by atomic mass is 32.1. The fraction of sp³-hybridized carbons (Fsp3) is 0.545. The van der Waals surface area contributed by atoms with Crippen LogP contribution in [0.1, 0.15) is 52.7 Å². The van der Waals surface area contributed by atoms with Crippen LogP contribution in [0.3, 0.4) is 0 Å². The van der Waals surface area contributed by atoms with Gasteiger partial charge in [0, 0.05) is 25.2 Å². The van der Waals surface area contributed by atoms with Crippen LogP contribution in [0.25, 0.3) is 10.6 Å². The van der Waals surface area contributed by atoms with E-state index in [-0.39, 0.29) is 5.91 Å². The average Bonchev–Trinajstić information content (AvgIpc) is 2.87. The lowest BCUT2D eigenvalue weighted by Gasteiger charge is -2.21. The number of benzene rings is 1. The lowest BCUT2D eigenvalue weighted by molar-refractivity contribution is 0.0765. The van der Waals surface area contributed by atoms with Crippen LogP contribution in [0.5, 0.6) is 0 Å². The van der Waals surface area contributed by atoms with E-state index < -0.39 is 0 Å². The number of thiazole rings is 1. The molecule has 2 heterocycles. The van der Waals surface area contributed by atoms with Crippen molar-refractivity contribution in [2.45, 2.75) is 47.0 Å². The molecule has 0 N–H and O–H groups in total. The molecule has 3 rings (SSSR count). The molecule has 1 saturated heterocycles. The predicted octanol–water partition coefficient (Wildman–Crippen LogP) is 4.68. The van der Waals surface area contributed by atoms with Crippen LogP contribution in [0.2, 0.25) is 0 Å². The molecule has 0 radical (unpaired) electrons. The summed E-state index contributed by atoms with van der Waals surface area (Å²) in [6.45, 7) is 13.3. The van der Waals surface area contributed by atoms with Crippen LogP contribution in [0.15, 0.2) is 18.2 Å². The highest BCUT2D eigenvalue weighted by Crippen LogP contribution is 2.33. The first kappa shape index (κ1) is 20.0. The van der Waals surface area contributed by atoms with Gasteiger partial charge in [-0.15, -0.1) is 11.3 Å². The lowest BCUT2D eigenvalue weighted by Crippen LogP contribution is -2.35. The van der Waals surface area contributed by atoms with Gasteiger partial charge in [-0.2, -0.15) is 0 Å². The van der Waals surface area contributed by atoms with Gasteiger partial charge >= 0.3 is 0 Å². The highest BCUT2D eigenvalue weighted by molar-refractivity contribution is 7.17. The van der Waals surface area contributed by atoms with Crippen molar-refractivity contribution in [3.05, 3.63) is 39.9 Å². The summed E-state index contributed by atoms with van der Waals surface area (Å²) >= 11 is 1.55. The maximum atomic E-state index is 13.2. The normalized spacial score (nSPS) is 15.8. The molecule has 0 aliphatic carbocycles. The van der Waals surface area contributed by atoms with Crippen LogP contribution < -0.4 is 0 Å². The minimum Gasteiger partial charge on any atom is -0.337 e. The van der Waals surface area contributed by atoms with E-state index >= 15 is 0 Å². The van der Waals surface area contributed by atoms with E-state index in [0.29, 0.717) is 0 Å². The molecule has 5 heteroatoms. The molecule has 2 aromatic rings. The molecule has 1 amide bonds. The molecule has 0 unspecified atom stereocenters. The van der Waals surface area contributed by atoms with Gasteiger partial charge in [-0.3, -0.25) is 4.79 Å². The number of rotatable bonds is 5. The van der Waals surface area contributed by atoms with Gasteiger partial charge in [-0.25, -0.2) is 4.98 Å². The summed E-state index contributed by atoms with van der Waals surface area (Å²) in [5.74, 6) is 0.153. The minimum atomic E-state index is 0.153. The molecule has 1 aliphatic rings. The van der Waals surface area contributed by atoms with Crippen molar-refractivity contribution in [3.8, 4) is 10.6 Å². The molecule has 1 aliphatic heterocycles. The maximum Gasteiger partial charge on any atom is 0.265 e. The number of aryl methyl sites for hydroxylation is 3. The van der Waals surface area contributed by atoms with Gasteiger partial charge in [0.05, 0.1) is 5.69 Å². The van der Waals surface area contributed by atoms with Crippen LogP contribution in [-0.2, 0) is 0 Å². The van der Waals surface area contributed by atoms with Gasteiger partial charge in [-0.1, -0.05) is 31.5 Å². The Labute approximate surface area is 167 Å². The monoisotopic (exact) mass is 385 g/mol. The Morgan fingerprint density at radius 2 is 1.85 bits per heavy atom. The van der Waals surface area contributed by atoms with Crippen molar-refractivity contribution in [1.29, 1.82) is 0 Å². The Morgan fingerprint density at radius 1 is 1.11 bits per heavy atom. The quantitative estimate of drug-likeness (QED) is 0.749. The largest absolute Gasteiger partial charge is 0.337 e. The van der Waals surface area contributed by atoms with Crippen molar-refractivity contribution in [3.63, 3.8) is 0 Å². The summed E-state index contributed by atoms with van der Waals surface area (Å²) in [4.78, 5) is 23.3. The predicted molar refractivity (Wildman–Crippen MR) is 114 cm³/mol.